The molecule has 142 valence electrons. The molecule has 2 heteroatoms. The molecule has 0 radical (unpaired) electrons. The summed E-state index contributed by atoms with van der Waals surface area (Å²) in [6.07, 6.45) is 2.41. The standard InChI is InChI=1S/C25H31NO/c1-16-14-21-22(25(5,6)13-12-24(21,3)4)15-20(16)17(2)18-8-10-19(11-9-18)23(27)26-7/h8-11,14-15H,2,12-13H2,1,3-7H3,(H,26,27). The SMILES string of the molecule is C=C(c1ccc(C(=O)NC)cc1)c1cc2c(cc1C)C(C)(C)CCC2(C)C. The van der Waals surface area contributed by atoms with Crippen LogP contribution in [0.3, 0.4) is 0 Å². The Labute approximate surface area is 163 Å². The number of rotatable bonds is 3. The number of aryl methyl sites for hydroxylation is 1. The lowest BCUT2D eigenvalue weighted by molar-refractivity contribution is 0.0963. The van der Waals surface area contributed by atoms with Gasteiger partial charge in [0.1, 0.15) is 0 Å². The smallest absolute Gasteiger partial charge is 0.251 e. The summed E-state index contributed by atoms with van der Waals surface area (Å²) in [6, 6.07) is 12.4. The van der Waals surface area contributed by atoms with Gasteiger partial charge in [-0.1, -0.05) is 58.5 Å². The maximum absolute atomic E-state index is 11.8. The average molecular weight is 362 g/mol. The number of hydrogen-bond acceptors (Lipinski definition) is 1. The van der Waals surface area contributed by atoms with E-state index in [1.165, 1.54) is 35.1 Å². The van der Waals surface area contributed by atoms with Crippen molar-refractivity contribution in [2.75, 3.05) is 7.05 Å². The van der Waals surface area contributed by atoms with Crippen LogP contribution in [-0.2, 0) is 10.8 Å². The predicted molar refractivity (Wildman–Crippen MR) is 114 cm³/mol. The molecule has 2 aromatic carbocycles. The van der Waals surface area contributed by atoms with E-state index in [4.69, 9.17) is 0 Å². The van der Waals surface area contributed by atoms with Crippen LogP contribution in [0.1, 0.15) is 78.7 Å². The van der Waals surface area contributed by atoms with Gasteiger partial charge >= 0.3 is 0 Å². The van der Waals surface area contributed by atoms with Gasteiger partial charge in [-0.25, -0.2) is 0 Å². The number of nitrogens with one attached hydrogen (secondary N) is 1. The van der Waals surface area contributed by atoms with Crippen molar-refractivity contribution in [3.63, 3.8) is 0 Å². The number of hydrogen-bond donors (Lipinski definition) is 1. The van der Waals surface area contributed by atoms with Crippen LogP contribution in [0.25, 0.3) is 5.57 Å². The number of carbonyl (C=O) groups is 1. The Bertz CT molecular complexity index is 901. The Morgan fingerprint density at radius 2 is 1.41 bits per heavy atom. The van der Waals surface area contributed by atoms with Gasteiger partial charge in [-0.05, 0) is 76.1 Å². The van der Waals surface area contributed by atoms with Crippen molar-refractivity contribution in [2.24, 2.45) is 0 Å². The van der Waals surface area contributed by atoms with Crippen LogP contribution >= 0.6 is 0 Å². The van der Waals surface area contributed by atoms with Gasteiger partial charge in [0.15, 0.2) is 0 Å². The maximum atomic E-state index is 11.8. The third kappa shape index (κ3) is 3.45. The number of fused-ring (bicyclic) bond motifs is 1. The third-order valence-electron chi connectivity index (χ3n) is 6.25. The Morgan fingerprint density at radius 1 is 0.926 bits per heavy atom. The second-order valence-corrected chi connectivity index (χ2v) is 9.12. The molecule has 0 unspecified atom stereocenters. The summed E-state index contributed by atoms with van der Waals surface area (Å²) in [5.74, 6) is -0.0684. The van der Waals surface area contributed by atoms with E-state index in [9.17, 15) is 4.79 Å². The highest BCUT2D eigenvalue weighted by Gasteiger charge is 2.37. The first-order chi connectivity index (χ1) is 12.6. The van der Waals surface area contributed by atoms with E-state index >= 15 is 0 Å². The van der Waals surface area contributed by atoms with Crippen molar-refractivity contribution in [1.82, 2.24) is 5.32 Å². The molecule has 2 nitrogen and oxygen atoms in total. The topological polar surface area (TPSA) is 29.1 Å². The molecule has 1 amide bonds. The molecular weight excluding hydrogens is 330 g/mol. The zero-order valence-corrected chi connectivity index (χ0v) is 17.5. The Balaban J connectivity index is 2.05. The lowest BCUT2D eigenvalue weighted by atomic mass is 9.62. The summed E-state index contributed by atoms with van der Waals surface area (Å²) >= 11 is 0. The van der Waals surface area contributed by atoms with E-state index in [1.54, 1.807) is 7.05 Å². The monoisotopic (exact) mass is 361 g/mol. The van der Waals surface area contributed by atoms with Crippen LogP contribution in [0.2, 0.25) is 0 Å². The summed E-state index contributed by atoms with van der Waals surface area (Å²) in [4.78, 5) is 11.8. The molecule has 2 aromatic rings. The molecule has 0 spiro atoms. The van der Waals surface area contributed by atoms with Crippen molar-refractivity contribution >= 4 is 11.5 Å². The highest BCUT2D eigenvalue weighted by molar-refractivity contribution is 5.94. The minimum absolute atomic E-state index is 0.0684. The summed E-state index contributed by atoms with van der Waals surface area (Å²) in [7, 11) is 1.65. The Kier molecular flexibility index (Phi) is 4.80. The molecule has 0 saturated carbocycles. The second kappa shape index (κ2) is 6.67. The van der Waals surface area contributed by atoms with Gasteiger partial charge in [-0.15, -0.1) is 0 Å². The van der Waals surface area contributed by atoms with Gasteiger partial charge in [0.05, 0.1) is 0 Å². The summed E-state index contributed by atoms with van der Waals surface area (Å²) in [5, 5.41) is 2.66. The van der Waals surface area contributed by atoms with Crippen LogP contribution in [0.4, 0.5) is 0 Å². The molecule has 27 heavy (non-hydrogen) atoms. The maximum Gasteiger partial charge on any atom is 0.251 e. The van der Waals surface area contributed by atoms with Crippen molar-refractivity contribution in [1.29, 1.82) is 0 Å². The minimum Gasteiger partial charge on any atom is -0.355 e. The van der Waals surface area contributed by atoms with Crippen LogP contribution in [0, 0.1) is 6.92 Å². The molecule has 1 N–H and O–H groups in total. The molecule has 0 bridgehead atoms. The van der Waals surface area contributed by atoms with Gasteiger partial charge in [0.25, 0.3) is 5.91 Å². The fourth-order valence-corrected chi connectivity index (χ4v) is 4.17. The first-order valence-electron chi connectivity index (χ1n) is 9.74. The molecule has 1 aliphatic rings. The molecule has 1 aliphatic carbocycles. The molecular formula is C25H31NO. The summed E-state index contributed by atoms with van der Waals surface area (Å²) in [6.45, 7) is 16.0. The van der Waals surface area contributed by atoms with Gasteiger partial charge in [0, 0.05) is 12.6 Å². The second-order valence-electron chi connectivity index (χ2n) is 9.12. The number of amides is 1. The minimum atomic E-state index is -0.0684. The average Bonchev–Trinajstić information content (AvgIpc) is 2.64. The van der Waals surface area contributed by atoms with Crippen molar-refractivity contribution in [3.05, 3.63) is 76.4 Å². The molecule has 0 aliphatic heterocycles. The molecule has 0 saturated heterocycles. The van der Waals surface area contributed by atoms with Crippen LogP contribution in [-0.4, -0.2) is 13.0 Å². The molecule has 0 aromatic heterocycles. The van der Waals surface area contributed by atoms with E-state index in [0.717, 1.165) is 11.1 Å². The highest BCUT2D eigenvalue weighted by atomic mass is 16.1. The molecule has 0 heterocycles. The van der Waals surface area contributed by atoms with E-state index in [0.29, 0.717) is 5.56 Å². The van der Waals surface area contributed by atoms with Gasteiger partial charge in [-0.2, -0.15) is 0 Å². The number of benzene rings is 2. The van der Waals surface area contributed by atoms with E-state index in [1.807, 2.05) is 24.3 Å². The lowest BCUT2D eigenvalue weighted by Crippen LogP contribution is -2.34. The van der Waals surface area contributed by atoms with E-state index in [-0.39, 0.29) is 16.7 Å². The van der Waals surface area contributed by atoms with Crippen molar-refractivity contribution in [3.8, 4) is 0 Å². The van der Waals surface area contributed by atoms with E-state index < -0.39 is 0 Å². The first-order valence-corrected chi connectivity index (χ1v) is 9.74. The summed E-state index contributed by atoms with van der Waals surface area (Å²) in [5.41, 5.74) is 8.51. The lowest BCUT2D eigenvalue weighted by Gasteiger charge is -2.42. The molecule has 0 fully saturated rings. The molecule has 0 atom stereocenters. The van der Waals surface area contributed by atoms with Crippen LogP contribution in [0.5, 0.6) is 0 Å². The predicted octanol–water partition coefficient (Wildman–Crippen LogP) is 5.77. The van der Waals surface area contributed by atoms with Gasteiger partial charge in [-0.3, -0.25) is 4.79 Å². The zero-order valence-electron chi connectivity index (χ0n) is 17.5. The Morgan fingerprint density at radius 3 is 1.93 bits per heavy atom. The highest BCUT2D eigenvalue weighted by Crippen LogP contribution is 2.47. The van der Waals surface area contributed by atoms with Crippen molar-refractivity contribution < 1.29 is 4.79 Å². The Hall–Kier alpha value is -2.35. The van der Waals surface area contributed by atoms with Gasteiger partial charge in [0.2, 0.25) is 0 Å². The first kappa shape index (κ1) is 19.4. The number of carbonyl (C=O) groups excluding carboxylic acids is 1. The van der Waals surface area contributed by atoms with Crippen molar-refractivity contribution in [2.45, 2.75) is 58.3 Å². The summed E-state index contributed by atoms with van der Waals surface area (Å²) < 4.78 is 0. The third-order valence-corrected chi connectivity index (χ3v) is 6.25. The quantitative estimate of drug-likeness (QED) is 0.739. The van der Waals surface area contributed by atoms with Gasteiger partial charge < -0.3 is 5.32 Å². The van der Waals surface area contributed by atoms with Crippen LogP contribution < -0.4 is 5.32 Å². The fraction of sp³-hybridized carbons (Fsp3) is 0.400. The fourth-order valence-electron chi connectivity index (χ4n) is 4.17. The molecule has 3 rings (SSSR count). The van der Waals surface area contributed by atoms with E-state index in [2.05, 4.69) is 58.6 Å². The zero-order chi connectivity index (χ0) is 20.0. The normalized spacial score (nSPS) is 17.1. The van der Waals surface area contributed by atoms with Crippen LogP contribution in [0.15, 0.2) is 43.0 Å². The largest absolute Gasteiger partial charge is 0.355 e.